The van der Waals surface area contributed by atoms with Gasteiger partial charge in [-0.15, -0.1) is 0 Å². The lowest BCUT2D eigenvalue weighted by Crippen LogP contribution is -2.54. The Kier molecular flexibility index (Phi) is 9.11. The molecule has 1 amide bonds. The molecule has 0 radical (unpaired) electrons. The zero-order valence-corrected chi connectivity index (χ0v) is 25.4. The van der Waals surface area contributed by atoms with Gasteiger partial charge in [0.15, 0.2) is 0 Å². The third kappa shape index (κ3) is 6.30. The number of fused-ring (bicyclic) bond motifs is 1. The minimum atomic E-state index is -6.15. The molecule has 1 aromatic heterocycles. The van der Waals surface area contributed by atoms with E-state index in [1.165, 1.54) is 0 Å². The number of carbonyl (C=O) groups excluding carboxylic acids is 1. The van der Waals surface area contributed by atoms with Crippen molar-refractivity contribution in [3.63, 3.8) is 0 Å². The minimum absolute atomic E-state index is 0.161. The topological polar surface area (TPSA) is 105 Å². The van der Waals surface area contributed by atoms with Crippen molar-refractivity contribution < 1.29 is 49.1 Å². The average Bonchev–Trinajstić information content (AvgIpc) is 3.41. The van der Waals surface area contributed by atoms with Gasteiger partial charge in [-0.2, -0.15) is 26.3 Å². The van der Waals surface area contributed by atoms with E-state index >= 15 is 0 Å². The number of carbonyl (C=O) groups is 1. The maximum Gasteiger partial charge on any atom is 0.430 e. The Balaban J connectivity index is 1.50. The Morgan fingerprint density at radius 2 is 1.65 bits per heavy atom. The van der Waals surface area contributed by atoms with E-state index < -0.39 is 62.6 Å². The van der Waals surface area contributed by atoms with Crippen molar-refractivity contribution in [2.75, 3.05) is 4.31 Å². The fraction of sp³-hybridized carbons (Fsp3) is 0.448. The zero-order chi connectivity index (χ0) is 33.7. The Morgan fingerprint density at radius 3 is 2.26 bits per heavy atom. The number of rotatable bonds is 7. The first kappa shape index (κ1) is 34.0. The standard InChI is InChI=1S/C29H28ClF7N4O4S/c30-25-15-40(16-38-25)24-4-2-1-3-22(24)39-26(42)14-20-9-5-17-13-18(27(43,28(32,33)34)29(35,36)37)6-12-23(17)41(20)46(44,45)21-10-7-19(31)8-11-21/h6-8,10-13,15-16,20,22,24,43H,1-5,9,14H2,(H,39,42)/t20-,22-,24+/m0/s1. The number of halogens is 8. The van der Waals surface area contributed by atoms with E-state index in [1.54, 1.807) is 17.1 Å². The Labute approximate surface area is 264 Å². The lowest BCUT2D eigenvalue weighted by atomic mass is 9.87. The van der Waals surface area contributed by atoms with E-state index in [9.17, 15) is 49.1 Å². The van der Waals surface area contributed by atoms with Gasteiger partial charge >= 0.3 is 12.4 Å². The smallest absolute Gasteiger partial charge is 0.369 e. The molecule has 2 heterocycles. The molecule has 0 unspecified atom stereocenters. The fourth-order valence-electron chi connectivity index (χ4n) is 6.19. The summed E-state index contributed by atoms with van der Waals surface area (Å²) in [5.41, 5.74) is -7.25. The van der Waals surface area contributed by atoms with Crippen molar-refractivity contribution in [2.45, 2.75) is 85.9 Å². The van der Waals surface area contributed by atoms with Crippen LogP contribution in [0.3, 0.4) is 0 Å². The number of imidazole rings is 1. The first-order valence-corrected chi connectivity index (χ1v) is 16.0. The lowest BCUT2D eigenvalue weighted by Gasteiger charge is -2.39. The SMILES string of the molecule is O=C(C[C@@H]1CCc2cc(C(O)(C(F)(F)F)C(F)(F)F)ccc2N1S(=O)(=O)c1ccc(F)cc1)N[C@H]1CCCC[C@H]1n1cnc(Cl)c1. The molecule has 0 bridgehead atoms. The maximum atomic E-state index is 13.9. The van der Waals surface area contributed by atoms with Crippen LogP contribution in [0.5, 0.6) is 0 Å². The Morgan fingerprint density at radius 1 is 1.00 bits per heavy atom. The van der Waals surface area contributed by atoms with Gasteiger partial charge in [-0.25, -0.2) is 17.8 Å². The van der Waals surface area contributed by atoms with E-state index in [1.807, 2.05) is 0 Å². The van der Waals surface area contributed by atoms with Crippen molar-refractivity contribution in [1.29, 1.82) is 0 Å². The number of aliphatic hydroxyl groups is 1. The van der Waals surface area contributed by atoms with Crippen LogP contribution in [0, 0.1) is 5.82 Å². The minimum Gasteiger partial charge on any atom is -0.369 e. The van der Waals surface area contributed by atoms with Gasteiger partial charge in [0.25, 0.3) is 15.6 Å². The molecule has 2 aromatic carbocycles. The second kappa shape index (κ2) is 12.3. The highest BCUT2D eigenvalue weighted by Crippen LogP contribution is 2.51. The van der Waals surface area contributed by atoms with Crippen LogP contribution in [-0.2, 0) is 26.8 Å². The number of aromatic nitrogens is 2. The number of nitrogens with zero attached hydrogens (tertiary/aromatic N) is 3. The van der Waals surface area contributed by atoms with E-state index in [2.05, 4.69) is 10.3 Å². The quantitative estimate of drug-likeness (QED) is 0.287. The summed E-state index contributed by atoms with van der Waals surface area (Å²) in [4.78, 5) is 17.0. The normalized spacial score (nSPS) is 21.2. The first-order valence-electron chi connectivity index (χ1n) is 14.2. The molecule has 8 nitrogen and oxygen atoms in total. The molecule has 1 saturated carbocycles. The van der Waals surface area contributed by atoms with Crippen LogP contribution in [0.25, 0.3) is 0 Å². The molecular weight excluding hydrogens is 669 g/mol. The summed E-state index contributed by atoms with van der Waals surface area (Å²) in [6.07, 6.45) is -6.87. The summed E-state index contributed by atoms with van der Waals surface area (Å²) in [7, 11) is -4.62. The first-order chi connectivity index (χ1) is 21.4. The number of alkyl halides is 6. The summed E-state index contributed by atoms with van der Waals surface area (Å²) < 4.78 is 126. The van der Waals surface area contributed by atoms with Crippen molar-refractivity contribution in [1.82, 2.24) is 14.9 Å². The number of aryl methyl sites for hydroxylation is 1. The third-order valence-corrected chi connectivity index (χ3v) is 10.5. The van der Waals surface area contributed by atoms with Gasteiger partial charge in [0, 0.05) is 24.2 Å². The zero-order valence-electron chi connectivity index (χ0n) is 23.8. The number of anilines is 1. The van der Waals surface area contributed by atoms with Gasteiger partial charge in [-0.3, -0.25) is 9.10 Å². The van der Waals surface area contributed by atoms with Crippen LogP contribution >= 0.6 is 11.6 Å². The van der Waals surface area contributed by atoms with Crippen LogP contribution in [0.2, 0.25) is 5.15 Å². The molecule has 0 spiro atoms. The molecule has 5 rings (SSSR count). The predicted molar refractivity (Wildman–Crippen MR) is 152 cm³/mol. The third-order valence-electron chi connectivity index (χ3n) is 8.45. The lowest BCUT2D eigenvalue weighted by molar-refractivity contribution is -0.376. The number of sulfonamides is 1. The second-order valence-corrected chi connectivity index (χ2v) is 13.6. The number of hydrogen-bond acceptors (Lipinski definition) is 5. The summed E-state index contributed by atoms with van der Waals surface area (Å²) >= 11 is 5.97. The highest BCUT2D eigenvalue weighted by molar-refractivity contribution is 7.92. The van der Waals surface area contributed by atoms with Gasteiger partial charge in [-0.1, -0.05) is 36.6 Å². The molecule has 46 heavy (non-hydrogen) atoms. The van der Waals surface area contributed by atoms with Crippen molar-refractivity contribution >= 4 is 33.2 Å². The summed E-state index contributed by atoms with van der Waals surface area (Å²) in [5.74, 6) is -1.28. The summed E-state index contributed by atoms with van der Waals surface area (Å²) in [6, 6.07) is 3.61. The van der Waals surface area contributed by atoms with Gasteiger partial charge < -0.3 is 15.0 Å². The molecule has 3 aromatic rings. The maximum absolute atomic E-state index is 13.9. The van der Waals surface area contributed by atoms with Gasteiger partial charge in [0.1, 0.15) is 11.0 Å². The number of nitrogens with one attached hydrogen (secondary N) is 1. The van der Waals surface area contributed by atoms with Crippen LogP contribution in [0.4, 0.5) is 36.4 Å². The van der Waals surface area contributed by atoms with Gasteiger partial charge in [-0.05, 0) is 61.6 Å². The van der Waals surface area contributed by atoms with Crippen LogP contribution in [0.15, 0.2) is 59.9 Å². The Hall–Kier alpha value is -3.37. The van der Waals surface area contributed by atoms with E-state index in [4.69, 9.17) is 11.6 Å². The molecule has 1 aliphatic carbocycles. The van der Waals surface area contributed by atoms with E-state index in [0.717, 1.165) is 47.5 Å². The predicted octanol–water partition coefficient (Wildman–Crippen LogP) is 6.19. The number of hydrogen-bond donors (Lipinski definition) is 2. The summed E-state index contributed by atoms with van der Waals surface area (Å²) in [5, 5.41) is 13.1. The molecular formula is C29H28ClF7N4O4S. The molecule has 17 heteroatoms. The molecule has 3 atom stereocenters. The molecule has 2 aliphatic rings. The average molecular weight is 697 g/mol. The molecule has 1 aliphatic heterocycles. The van der Waals surface area contributed by atoms with E-state index in [0.29, 0.717) is 25.0 Å². The largest absolute Gasteiger partial charge is 0.430 e. The highest BCUT2D eigenvalue weighted by atomic mass is 35.5. The molecule has 1 fully saturated rings. The monoisotopic (exact) mass is 696 g/mol. The number of amides is 1. The highest BCUT2D eigenvalue weighted by Gasteiger charge is 2.71. The molecule has 0 saturated heterocycles. The van der Waals surface area contributed by atoms with Crippen LogP contribution in [-0.4, -0.2) is 53.4 Å². The Bertz CT molecular complexity index is 1680. The van der Waals surface area contributed by atoms with Crippen molar-refractivity contribution in [3.05, 3.63) is 77.1 Å². The van der Waals surface area contributed by atoms with Crippen LogP contribution < -0.4 is 9.62 Å². The summed E-state index contributed by atoms with van der Waals surface area (Å²) in [6.45, 7) is 0. The molecule has 250 valence electrons. The van der Waals surface area contributed by atoms with Crippen molar-refractivity contribution in [3.8, 4) is 0 Å². The molecule has 2 N–H and O–H groups in total. The van der Waals surface area contributed by atoms with Gasteiger partial charge in [0.2, 0.25) is 5.91 Å². The van der Waals surface area contributed by atoms with Crippen molar-refractivity contribution in [2.24, 2.45) is 0 Å². The fourth-order valence-corrected chi connectivity index (χ4v) is 8.06. The van der Waals surface area contributed by atoms with E-state index in [-0.39, 0.29) is 41.3 Å². The second-order valence-electron chi connectivity index (χ2n) is 11.4. The van der Waals surface area contributed by atoms with Crippen LogP contribution in [0.1, 0.15) is 55.7 Å². The van der Waals surface area contributed by atoms with Gasteiger partial charge in [0.05, 0.1) is 29.0 Å². The number of benzene rings is 2.